The Labute approximate surface area is 182 Å². The maximum atomic E-state index is 12.9. The summed E-state index contributed by atoms with van der Waals surface area (Å²) < 4.78 is 4.99. The van der Waals surface area contributed by atoms with Gasteiger partial charge in [-0.25, -0.2) is 4.79 Å². The van der Waals surface area contributed by atoms with Crippen LogP contribution in [0.1, 0.15) is 57.9 Å². The van der Waals surface area contributed by atoms with Crippen molar-refractivity contribution in [1.29, 1.82) is 0 Å². The summed E-state index contributed by atoms with van der Waals surface area (Å²) in [4.78, 5) is 50.3. The molecule has 1 saturated carbocycles. The molecule has 0 radical (unpaired) electrons. The normalized spacial score (nSPS) is 23.0. The number of imide groups is 1. The summed E-state index contributed by atoms with van der Waals surface area (Å²) in [7, 11) is 0. The number of unbranched alkanes of at least 4 members (excludes halogenated alkanes) is 1. The molecular weight excluding hydrogens is 398 g/mol. The van der Waals surface area contributed by atoms with Gasteiger partial charge >= 0.3 is 12.0 Å². The van der Waals surface area contributed by atoms with Crippen molar-refractivity contribution in [2.45, 2.75) is 64.3 Å². The summed E-state index contributed by atoms with van der Waals surface area (Å²) in [6.07, 6.45) is 6.52. The number of urea groups is 1. The SMILES string of the molecule is CCCCc1ccc(NC(=O)COC(=O)CN2C(=O)N[C@@]3(CCCC[C@H]3C)C2=O)cc1. The van der Waals surface area contributed by atoms with E-state index in [-0.39, 0.29) is 11.8 Å². The zero-order chi connectivity index (χ0) is 22.4. The van der Waals surface area contributed by atoms with E-state index >= 15 is 0 Å². The van der Waals surface area contributed by atoms with E-state index in [2.05, 4.69) is 17.6 Å². The molecule has 1 aromatic rings. The monoisotopic (exact) mass is 429 g/mol. The van der Waals surface area contributed by atoms with E-state index in [0.717, 1.165) is 43.4 Å². The van der Waals surface area contributed by atoms with Crippen molar-refractivity contribution < 1.29 is 23.9 Å². The van der Waals surface area contributed by atoms with Gasteiger partial charge in [0.05, 0.1) is 0 Å². The third kappa shape index (κ3) is 5.24. The molecule has 1 aliphatic carbocycles. The molecule has 0 unspecified atom stereocenters. The van der Waals surface area contributed by atoms with Crippen molar-refractivity contribution >= 4 is 29.5 Å². The van der Waals surface area contributed by atoms with Crippen LogP contribution >= 0.6 is 0 Å². The quantitative estimate of drug-likeness (QED) is 0.488. The lowest BCUT2D eigenvalue weighted by Gasteiger charge is -2.36. The number of hydrogen-bond donors (Lipinski definition) is 2. The molecular formula is C23H31N3O5. The lowest BCUT2D eigenvalue weighted by atomic mass is 9.73. The highest BCUT2D eigenvalue weighted by Crippen LogP contribution is 2.38. The maximum Gasteiger partial charge on any atom is 0.326 e. The molecule has 1 spiro atoms. The summed E-state index contributed by atoms with van der Waals surface area (Å²) in [6, 6.07) is 6.95. The topological polar surface area (TPSA) is 105 Å². The van der Waals surface area contributed by atoms with E-state index in [1.807, 2.05) is 31.2 Å². The first-order valence-electron chi connectivity index (χ1n) is 11.0. The number of nitrogens with zero attached hydrogens (tertiary/aromatic N) is 1. The molecule has 4 amide bonds. The molecule has 2 atom stereocenters. The van der Waals surface area contributed by atoms with E-state index in [0.29, 0.717) is 12.1 Å². The van der Waals surface area contributed by atoms with Crippen LogP contribution < -0.4 is 10.6 Å². The largest absolute Gasteiger partial charge is 0.454 e. The summed E-state index contributed by atoms with van der Waals surface area (Å²) in [5.74, 6) is -1.65. The summed E-state index contributed by atoms with van der Waals surface area (Å²) in [5.41, 5.74) is 0.893. The van der Waals surface area contributed by atoms with Gasteiger partial charge in [-0.3, -0.25) is 19.3 Å². The van der Waals surface area contributed by atoms with Crippen molar-refractivity contribution in [3.63, 3.8) is 0 Å². The van der Waals surface area contributed by atoms with Crippen LogP contribution in [0.5, 0.6) is 0 Å². The number of aryl methyl sites for hydroxylation is 1. The molecule has 1 saturated heterocycles. The Kier molecular flexibility index (Phi) is 7.30. The van der Waals surface area contributed by atoms with Crippen LogP contribution in [0.3, 0.4) is 0 Å². The Morgan fingerprint density at radius 3 is 2.65 bits per heavy atom. The second kappa shape index (κ2) is 9.94. The average Bonchev–Trinajstić information content (AvgIpc) is 2.99. The molecule has 2 fully saturated rings. The van der Waals surface area contributed by atoms with Crippen molar-refractivity contribution in [3.8, 4) is 0 Å². The van der Waals surface area contributed by atoms with Crippen molar-refractivity contribution in [3.05, 3.63) is 29.8 Å². The van der Waals surface area contributed by atoms with Crippen molar-refractivity contribution in [2.24, 2.45) is 5.92 Å². The molecule has 1 aromatic carbocycles. The molecule has 3 rings (SSSR count). The van der Waals surface area contributed by atoms with Gasteiger partial charge in [0, 0.05) is 5.69 Å². The number of rotatable bonds is 8. The van der Waals surface area contributed by atoms with Crippen LogP contribution in [0.15, 0.2) is 24.3 Å². The predicted molar refractivity (Wildman–Crippen MR) is 115 cm³/mol. The van der Waals surface area contributed by atoms with Gasteiger partial charge in [-0.05, 0) is 49.3 Å². The summed E-state index contributed by atoms with van der Waals surface area (Å²) >= 11 is 0. The standard InChI is InChI=1S/C23H31N3O5/c1-3-4-8-17-9-11-18(12-10-17)24-19(27)15-31-20(28)14-26-21(29)23(25-22(26)30)13-6-5-7-16(23)2/h9-12,16H,3-8,13-15H2,1-2H3,(H,24,27)(H,25,30)/t16-,23-/m1/s1. The predicted octanol–water partition coefficient (Wildman–Crippen LogP) is 3.01. The molecule has 2 N–H and O–H groups in total. The molecule has 0 aromatic heterocycles. The first-order chi connectivity index (χ1) is 14.9. The third-order valence-electron chi connectivity index (χ3n) is 6.21. The van der Waals surface area contributed by atoms with E-state index in [4.69, 9.17) is 4.74 Å². The highest BCUT2D eigenvalue weighted by molar-refractivity contribution is 6.09. The highest BCUT2D eigenvalue weighted by Gasteiger charge is 2.55. The number of hydrogen-bond acceptors (Lipinski definition) is 5. The number of benzene rings is 1. The van der Waals surface area contributed by atoms with Gasteiger partial charge in [-0.15, -0.1) is 0 Å². The minimum Gasteiger partial charge on any atom is -0.454 e. The maximum absolute atomic E-state index is 12.9. The highest BCUT2D eigenvalue weighted by atomic mass is 16.5. The Morgan fingerprint density at radius 2 is 1.97 bits per heavy atom. The van der Waals surface area contributed by atoms with Crippen LogP contribution in [-0.2, 0) is 25.5 Å². The van der Waals surface area contributed by atoms with Gasteiger partial charge in [0.25, 0.3) is 11.8 Å². The fraction of sp³-hybridized carbons (Fsp3) is 0.565. The zero-order valence-corrected chi connectivity index (χ0v) is 18.2. The van der Waals surface area contributed by atoms with Crippen LogP contribution in [0.25, 0.3) is 0 Å². The van der Waals surface area contributed by atoms with Crippen LogP contribution in [-0.4, -0.2) is 47.4 Å². The molecule has 2 aliphatic rings. The zero-order valence-electron chi connectivity index (χ0n) is 18.2. The van der Waals surface area contributed by atoms with Gasteiger partial charge in [-0.2, -0.15) is 0 Å². The molecule has 168 valence electrons. The number of nitrogens with one attached hydrogen (secondary N) is 2. The van der Waals surface area contributed by atoms with Crippen LogP contribution in [0, 0.1) is 5.92 Å². The van der Waals surface area contributed by atoms with E-state index < -0.39 is 36.6 Å². The number of carbonyl (C=O) groups excluding carboxylic acids is 4. The lowest BCUT2D eigenvalue weighted by Crippen LogP contribution is -2.54. The number of carbonyl (C=O) groups is 4. The van der Waals surface area contributed by atoms with E-state index in [1.165, 1.54) is 5.56 Å². The second-order valence-electron chi connectivity index (χ2n) is 8.45. The Morgan fingerprint density at radius 1 is 1.23 bits per heavy atom. The van der Waals surface area contributed by atoms with Crippen LogP contribution in [0.2, 0.25) is 0 Å². The fourth-order valence-corrected chi connectivity index (χ4v) is 4.29. The van der Waals surface area contributed by atoms with Crippen molar-refractivity contribution in [1.82, 2.24) is 10.2 Å². The Balaban J connectivity index is 1.47. The second-order valence-corrected chi connectivity index (χ2v) is 8.45. The number of amides is 4. The average molecular weight is 430 g/mol. The Hall–Kier alpha value is -2.90. The van der Waals surface area contributed by atoms with Gasteiger partial charge in [-0.1, -0.05) is 45.2 Å². The minimum atomic E-state index is -0.920. The van der Waals surface area contributed by atoms with Gasteiger partial charge in [0.15, 0.2) is 6.61 Å². The first-order valence-corrected chi connectivity index (χ1v) is 11.0. The van der Waals surface area contributed by atoms with Crippen molar-refractivity contribution in [2.75, 3.05) is 18.5 Å². The van der Waals surface area contributed by atoms with Crippen LogP contribution in [0.4, 0.5) is 10.5 Å². The van der Waals surface area contributed by atoms with Gasteiger partial charge in [0.2, 0.25) is 0 Å². The molecule has 1 aliphatic heterocycles. The van der Waals surface area contributed by atoms with E-state index in [9.17, 15) is 19.2 Å². The number of esters is 1. The van der Waals surface area contributed by atoms with Gasteiger partial charge < -0.3 is 15.4 Å². The number of ether oxygens (including phenoxy) is 1. The molecule has 8 nitrogen and oxygen atoms in total. The summed E-state index contributed by atoms with van der Waals surface area (Å²) in [5, 5.41) is 5.46. The lowest BCUT2D eigenvalue weighted by molar-refractivity contribution is -0.150. The summed E-state index contributed by atoms with van der Waals surface area (Å²) in [6.45, 7) is 3.09. The van der Waals surface area contributed by atoms with E-state index in [1.54, 1.807) is 0 Å². The molecule has 8 heteroatoms. The van der Waals surface area contributed by atoms with Gasteiger partial charge in [0.1, 0.15) is 12.1 Å². The Bertz CT molecular complexity index is 838. The smallest absolute Gasteiger partial charge is 0.326 e. The molecule has 0 bridgehead atoms. The molecule has 1 heterocycles. The first kappa shape index (κ1) is 22.8. The number of anilines is 1. The minimum absolute atomic E-state index is 0.0119. The third-order valence-corrected chi connectivity index (χ3v) is 6.21. The fourth-order valence-electron chi connectivity index (χ4n) is 4.29. The molecule has 31 heavy (non-hydrogen) atoms.